The largest absolute Gasteiger partial charge is 0.466 e. The highest BCUT2D eigenvalue weighted by molar-refractivity contribution is 5.55. The molecule has 0 amide bonds. The van der Waals surface area contributed by atoms with Crippen LogP contribution in [0.25, 0.3) is 11.4 Å². The topological polar surface area (TPSA) is 60.0 Å². The van der Waals surface area contributed by atoms with Gasteiger partial charge in [0.1, 0.15) is 0 Å². The summed E-state index contributed by atoms with van der Waals surface area (Å²) >= 11 is 0. The van der Waals surface area contributed by atoms with Gasteiger partial charge in [-0.15, -0.1) is 5.10 Å². The maximum Gasteiger partial charge on any atom is 0.335 e. The zero-order valence-corrected chi connectivity index (χ0v) is 10.8. The molecule has 0 radical (unpaired) electrons. The lowest BCUT2D eigenvalue weighted by Crippen LogP contribution is -1.99. The number of hydrogen-bond donors (Lipinski definition) is 1. The molecule has 0 aliphatic carbocycles. The molecule has 0 fully saturated rings. The van der Waals surface area contributed by atoms with E-state index in [4.69, 9.17) is 9.47 Å². The second-order valence-electron chi connectivity index (χ2n) is 3.89. The SMILES string of the molecule is CCO[C@H](C)c1ccc(-c2nc(OC)n[nH]2)cc1. The van der Waals surface area contributed by atoms with Crippen molar-refractivity contribution in [2.45, 2.75) is 20.0 Å². The summed E-state index contributed by atoms with van der Waals surface area (Å²) in [6.45, 7) is 4.74. The van der Waals surface area contributed by atoms with Crippen molar-refractivity contribution >= 4 is 0 Å². The number of methoxy groups -OCH3 is 1. The van der Waals surface area contributed by atoms with Crippen molar-refractivity contribution < 1.29 is 9.47 Å². The first-order valence-corrected chi connectivity index (χ1v) is 5.93. The van der Waals surface area contributed by atoms with E-state index in [9.17, 15) is 0 Å². The average Bonchev–Trinajstić information content (AvgIpc) is 2.88. The lowest BCUT2D eigenvalue weighted by Gasteiger charge is -2.11. The summed E-state index contributed by atoms with van der Waals surface area (Å²) in [5, 5.41) is 6.74. The van der Waals surface area contributed by atoms with E-state index >= 15 is 0 Å². The molecule has 5 heteroatoms. The van der Waals surface area contributed by atoms with Crippen LogP contribution in [0.1, 0.15) is 25.5 Å². The molecule has 0 saturated heterocycles. The van der Waals surface area contributed by atoms with Crippen LogP contribution in [0.4, 0.5) is 0 Å². The fourth-order valence-corrected chi connectivity index (χ4v) is 1.73. The molecule has 18 heavy (non-hydrogen) atoms. The Morgan fingerprint density at radius 1 is 1.28 bits per heavy atom. The summed E-state index contributed by atoms with van der Waals surface area (Å²) in [6.07, 6.45) is 0.105. The fourth-order valence-electron chi connectivity index (χ4n) is 1.73. The third-order valence-corrected chi connectivity index (χ3v) is 2.72. The molecule has 1 atom stereocenters. The standard InChI is InChI=1S/C13H17N3O2/c1-4-18-9(2)10-5-7-11(8-6-10)12-14-13(17-3)16-15-12/h5-9H,4H2,1-3H3,(H,14,15,16)/t9-/m1/s1. The molecule has 0 saturated carbocycles. The molecular weight excluding hydrogens is 230 g/mol. The third kappa shape index (κ3) is 2.68. The number of ether oxygens (including phenoxy) is 2. The average molecular weight is 247 g/mol. The van der Waals surface area contributed by atoms with E-state index in [1.807, 2.05) is 38.1 Å². The van der Waals surface area contributed by atoms with Gasteiger partial charge in [0.2, 0.25) is 0 Å². The Labute approximate surface area is 106 Å². The maximum atomic E-state index is 5.54. The second kappa shape index (κ2) is 5.64. The lowest BCUT2D eigenvalue weighted by atomic mass is 10.1. The molecule has 0 bridgehead atoms. The maximum absolute atomic E-state index is 5.54. The monoisotopic (exact) mass is 247 g/mol. The van der Waals surface area contributed by atoms with Gasteiger partial charge < -0.3 is 9.47 Å². The van der Waals surface area contributed by atoms with Crippen LogP contribution in [0.3, 0.4) is 0 Å². The van der Waals surface area contributed by atoms with Crippen molar-refractivity contribution in [2.24, 2.45) is 0 Å². The first-order chi connectivity index (χ1) is 8.74. The van der Waals surface area contributed by atoms with E-state index in [-0.39, 0.29) is 6.10 Å². The Hall–Kier alpha value is -1.88. The molecular formula is C13H17N3O2. The van der Waals surface area contributed by atoms with Crippen molar-refractivity contribution in [3.05, 3.63) is 29.8 Å². The molecule has 1 aromatic carbocycles. The van der Waals surface area contributed by atoms with Gasteiger partial charge in [0, 0.05) is 12.2 Å². The van der Waals surface area contributed by atoms with E-state index in [1.54, 1.807) is 7.11 Å². The van der Waals surface area contributed by atoms with Crippen LogP contribution in [0.2, 0.25) is 0 Å². The molecule has 1 heterocycles. The van der Waals surface area contributed by atoms with Crippen molar-refractivity contribution in [1.29, 1.82) is 0 Å². The molecule has 1 N–H and O–H groups in total. The van der Waals surface area contributed by atoms with E-state index in [0.717, 1.165) is 11.1 Å². The van der Waals surface area contributed by atoms with E-state index < -0.39 is 0 Å². The molecule has 2 rings (SSSR count). The van der Waals surface area contributed by atoms with Gasteiger partial charge in [-0.2, -0.15) is 4.98 Å². The van der Waals surface area contributed by atoms with Crippen molar-refractivity contribution in [1.82, 2.24) is 15.2 Å². The Bertz CT molecular complexity index is 493. The highest BCUT2D eigenvalue weighted by Gasteiger charge is 2.08. The van der Waals surface area contributed by atoms with Gasteiger partial charge in [-0.25, -0.2) is 0 Å². The van der Waals surface area contributed by atoms with Gasteiger partial charge in [0.25, 0.3) is 0 Å². The fraction of sp³-hybridized carbons (Fsp3) is 0.385. The first kappa shape index (κ1) is 12.6. The molecule has 0 unspecified atom stereocenters. The number of aromatic amines is 1. The van der Waals surface area contributed by atoms with Crippen molar-refractivity contribution in [3.63, 3.8) is 0 Å². The van der Waals surface area contributed by atoms with Crippen LogP contribution in [0.15, 0.2) is 24.3 Å². The van der Waals surface area contributed by atoms with Crippen LogP contribution in [0.5, 0.6) is 6.01 Å². The van der Waals surface area contributed by atoms with Crippen LogP contribution >= 0.6 is 0 Å². The Morgan fingerprint density at radius 2 is 2.00 bits per heavy atom. The summed E-state index contributed by atoms with van der Waals surface area (Å²) < 4.78 is 10.5. The van der Waals surface area contributed by atoms with Gasteiger partial charge in [0.15, 0.2) is 5.82 Å². The number of benzene rings is 1. The Balaban J connectivity index is 2.16. The number of H-pyrrole nitrogens is 1. The summed E-state index contributed by atoms with van der Waals surface area (Å²) in [6, 6.07) is 8.39. The Kier molecular flexibility index (Phi) is 3.94. The summed E-state index contributed by atoms with van der Waals surface area (Å²) in [4.78, 5) is 4.19. The second-order valence-corrected chi connectivity index (χ2v) is 3.89. The predicted octanol–water partition coefficient (Wildman–Crippen LogP) is 2.58. The number of aromatic nitrogens is 3. The number of rotatable bonds is 5. The molecule has 0 aliphatic rings. The summed E-state index contributed by atoms with van der Waals surface area (Å²) in [7, 11) is 1.54. The first-order valence-electron chi connectivity index (χ1n) is 5.93. The Morgan fingerprint density at radius 3 is 2.56 bits per heavy atom. The molecule has 1 aromatic heterocycles. The van der Waals surface area contributed by atoms with Crippen molar-refractivity contribution in [2.75, 3.05) is 13.7 Å². The lowest BCUT2D eigenvalue weighted by molar-refractivity contribution is 0.0764. The van der Waals surface area contributed by atoms with Crippen LogP contribution < -0.4 is 4.74 Å². The number of nitrogens with one attached hydrogen (secondary N) is 1. The minimum atomic E-state index is 0.105. The van der Waals surface area contributed by atoms with Gasteiger partial charge in [-0.05, 0) is 19.4 Å². The molecule has 96 valence electrons. The van der Waals surface area contributed by atoms with E-state index in [1.165, 1.54) is 0 Å². The van der Waals surface area contributed by atoms with Crippen LogP contribution in [-0.2, 0) is 4.74 Å². The molecule has 0 aliphatic heterocycles. The predicted molar refractivity (Wildman–Crippen MR) is 68.4 cm³/mol. The van der Waals surface area contributed by atoms with Crippen molar-refractivity contribution in [3.8, 4) is 17.4 Å². The normalized spacial score (nSPS) is 12.4. The van der Waals surface area contributed by atoms with E-state index in [0.29, 0.717) is 18.4 Å². The molecule has 5 nitrogen and oxygen atoms in total. The zero-order valence-electron chi connectivity index (χ0n) is 10.8. The van der Waals surface area contributed by atoms with Gasteiger partial charge >= 0.3 is 6.01 Å². The number of hydrogen-bond acceptors (Lipinski definition) is 4. The minimum absolute atomic E-state index is 0.105. The van der Waals surface area contributed by atoms with Gasteiger partial charge in [0.05, 0.1) is 13.2 Å². The highest BCUT2D eigenvalue weighted by atomic mass is 16.5. The summed E-state index contributed by atoms with van der Waals surface area (Å²) in [5.41, 5.74) is 2.12. The van der Waals surface area contributed by atoms with Crippen LogP contribution in [0, 0.1) is 0 Å². The van der Waals surface area contributed by atoms with E-state index in [2.05, 4.69) is 15.2 Å². The smallest absolute Gasteiger partial charge is 0.335 e. The molecule has 0 spiro atoms. The quantitative estimate of drug-likeness (QED) is 0.882. The minimum Gasteiger partial charge on any atom is -0.466 e. The van der Waals surface area contributed by atoms with Crippen LogP contribution in [-0.4, -0.2) is 28.9 Å². The van der Waals surface area contributed by atoms with Gasteiger partial charge in [-0.3, -0.25) is 5.10 Å². The zero-order chi connectivity index (χ0) is 13.0. The third-order valence-electron chi connectivity index (χ3n) is 2.72. The number of nitrogens with zero attached hydrogens (tertiary/aromatic N) is 2. The van der Waals surface area contributed by atoms with Gasteiger partial charge in [-0.1, -0.05) is 24.3 Å². The molecule has 2 aromatic rings. The highest BCUT2D eigenvalue weighted by Crippen LogP contribution is 2.21. The summed E-state index contributed by atoms with van der Waals surface area (Å²) in [5.74, 6) is 0.697.